The molecule has 2 aliphatic rings. The number of benzene rings is 1. The molecule has 0 bridgehead atoms. The smallest absolute Gasteiger partial charge is 0.248 e. The van der Waals surface area contributed by atoms with Gasteiger partial charge in [-0.1, -0.05) is 12.8 Å². The highest BCUT2D eigenvalue weighted by Gasteiger charge is 2.31. The summed E-state index contributed by atoms with van der Waals surface area (Å²) in [5.41, 5.74) is 8.18. The van der Waals surface area contributed by atoms with E-state index in [-0.39, 0.29) is 5.91 Å². The summed E-state index contributed by atoms with van der Waals surface area (Å²) < 4.78 is 0. The first-order valence-electron chi connectivity index (χ1n) is 10.0. The Morgan fingerprint density at radius 2 is 2.03 bits per heavy atom. The monoisotopic (exact) mass is 394 g/mol. The van der Waals surface area contributed by atoms with Crippen LogP contribution in [0, 0.1) is 6.92 Å². The molecular formula is C21H26N6O2. The minimum absolute atomic E-state index is 0.0775. The number of primary amides is 1. The van der Waals surface area contributed by atoms with E-state index >= 15 is 0 Å². The van der Waals surface area contributed by atoms with Gasteiger partial charge in [0.15, 0.2) is 5.82 Å². The summed E-state index contributed by atoms with van der Waals surface area (Å²) in [6, 6.07) is 5.74. The Hall–Kier alpha value is -3.16. The van der Waals surface area contributed by atoms with Crippen LogP contribution in [0.5, 0.6) is 0 Å². The number of anilines is 4. The second-order valence-electron chi connectivity index (χ2n) is 7.76. The van der Waals surface area contributed by atoms with Crippen molar-refractivity contribution < 1.29 is 9.59 Å². The minimum atomic E-state index is -0.449. The quantitative estimate of drug-likeness (QED) is 0.826. The lowest BCUT2D eigenvalue weighted by atomic mass is 10.1. The topological polar surface area (TPSA) is 104 Å². The summed E-state index contributed by atoms with van der Waals surface area (Å²) in [4.78, 5) is 37.0. The summed E-state index contributed by atoms with van der Waals surface area (Å²) >= 11 is 0. The number of nitrogens with two attached hydrogens (primary N) is 1. The van der Waals surface area contributed by atoms with Crippen LogP contribution in [0.4, 0.5) is 23.1 Å². The number of rotatable bonds is 4. The van der Waals surface area contributed by atoms with Crippen LogP contribution in [0.1, 0.15) is 48.0 Å². The van der Waals surface area contributed by atoms with E-state index in [1.54, 1.807) is 30.3 Å². The predicted molar refractivity (Wildman–Crippen MR) is 113 cm³/mol. The molecule has 0 spiro atoms. The molecule has 152 valence electrons. The molecule has 3 N–H and O–H groups in total. The highest BCUT2D eigenvalue weighted by atomic mass is 16.2. The number of amides is 2. The van der Waals surface area contributed by atoms with Gasteiger partial charge in [-0.25, -0.2) is 4.98 Å². The molecule has 0 unspecified atom stereocenters. The summed E-state index contributed by atoms with van der Waals surface area (Å²) in [5, 5.41) is 3.21. The van der Waals surface area contributed by atoms with Gasteiger partial charge in [-0.15, -0.1) is 0 Å². The average Bonchev–Trinajstić information content (AvgIpc) is 3.18. The van der Waals surface area contributed by atoms with Crippen molar-refractivity contribution >= 4 is 35.0 Å². The van der Waals surface area contributed by atoms with E-state index in [9.17, 15) is 9.59 Å². The molecule has 1 aromatic carbocycles. The number of aryl methyl sites for hydroxylation is 1. The van der Waals surface area contributed by atoms with E-state index in [0.29, 0.717) is 30.5 Å². The fraction of sp³-hybridized carbons (Fsp3) is 0.429. The highest BCUT2D eigenvalue weighted by molar-refractivity contribution is 5.97. The highest BCUT2D eigenvalue weighted by Crippen LogP contribution is 2.36. The molecule has 4 rings (SSSR count). The van der Waals surface area contributed by atoms with Crippen LogP contribution < -0.4 is 20.9 Å². The van der Waals surface area contributed by atoms with E-state index < -0.39 is 5.91 Å². The maximum atomic E-state index is 12.4. The Kier molecular flexibility index (Phi) is 5.08. The summed E-state index contributed by atoms with van der Waals surface area (Å²) in [5.74, 6) is 0.887. The van der Waals surface area contributed by atoms with Crippen LogP contribution in [0.3, 0.4) is 0 Å². The zero-order valence-corrected chi connectivity index (χ0v) is 16.8. The minimum Gasteiger partial charge on any atom is -0.366 e. The molecule has 1 fully saturated rings. The van der Waals surface area contributed by atoms with Gasteiger partial charge in [0.2, 0.25) is 17.8 Å². The summed E-state index contributed by atoms with van der Waals surface area (Å²) in [6.07, 6.45) is 6.85. The van der Waals surface area contributed by atoms with Gasteiger partial charge in [0.05, 0.1) is 6.20 Å². The molecule has 0 saturated heterocycles. The molecule has 8 heteroatoms. The lowest BCUT2D eigenvalue weighted by Crippen LogP contribution is -2.34. The molecule has 1 aromatic heterocycles. The van der Waals surface area contributed by atoms with Gasteiger partial charge < -0.3 is 20.9 Å². The number of aromatic nitrogens is 2. The third kappa shape index (κ3) is 3.74. The second-order valence-corrected chi connectivity index (χ2v) is 7.76. The van der Waals surface area contributed by atoms with Gasteiger partial charge in [-0.05, 0) is 43.5 Å². The number of fused-ring (bicyclic) bond motifs is 1. The molecule has 1 aliphatic heterocycles. The van der Waals surface area contributed by atoms with Gasteiger partial charge >= 0.3 is 0 Å². The first-order chi connectivity index (χ1) is 13.9. The Balaban J connectivity index is 1.67. The van der Waals surface area contributed by atoms with Crippen molar-refractivity contribution in [1.29, 1.82) is 0 Å². The Bertz CT molecular complexity index is 954. The molecule has 1 saturated carbocycles. The zero-order chi connectivity index (χ0) is 20.5. The number of nitrogens with zero attached hydrogens (tertiary/aromatic N) is 4. The third-order valence-corrected chi connectivity index (χ3v) is 5.84. The van der Waals surface area contributed by atoms with Gasteiger partial charge in [0.1, 0.15) is 5.69 Å². The van der Waals surface area contributed by atoms with Gasteiger partial charge in [-0.3, -0.25) is 9.59 Å². The van der Waals surface area contributed by atoms with Crippen molar-refractivity contribution in [3.63, 3.8) is 0 Å². The first-order valence-corrected chi connectivity index (χ1v) is 10.0. The fourth-order valence-corrected chi connectivity index (χ4v) is 4.22. The number of hydrogen-bond acceptors (Lipinski definition) is 6. The van der Waals surface area contributed by atoms with Crippen molar-refractivity contribution in [3.05, 3.63) is 35.5 Å². The molecule has 2 amide bonds. The number of hydrogen-bond donors (Lipinski definition) is 2. The van der Waals surface area contributed by atoms with Crippen molar-refractivity contribution in [2.75, 3.05) is 28.7 Å². The van der Waals surface area contributed by atoms with Crippen LogP contribution in [0.15, 0.2) is 24.4 Å². The van der Waals surface area contributed by atoms with Crippen molar-refractivity contribution in [3.8, 4) is 0 Å². The average molecular weight is 394 g/mol. The van der Waals surface area contributed by atoms with E-state index in [0.717, 1.165) is 35.6 Å². The Labute approximate surface area is 170 Å². The van der Waals surface area contributed by atoms with Crippen molar-refractivity contribution in [2.24, 2.45) is 5.73 Å². The molecule has 29 heavy (non-hydrogen) atoms. The summed E-state index contributed by atoms with van der Waals surface area (Å²) in [7, 11) is 1.78. The van der Waals surface area contributed by atoms with Gasteiger partial charge in [-0.2, -0.15) is 4.98 Å². The molecule has 8 nitrogen and oxygen atoms in total. The molecule has 0 atom stereocenters. The number of carbonyl (C=O) groups excluding carboxylic acids is 2. The van der Waals surface area contributed by atoms with Gasteiger partial charge in [0, 0.05) is 37.3 Å². The van der Waals surface area contributed by atoms with E-state index in [1.807, 2.05) is 13.0 Å². The summed E-state index contributed by atoms with van der Waals surface area (Å²) in [6.45, 7) is 2.51. The van der Waals surface area contributed by atoms with Crippen LogP contribution in [-0.2, 0) is 4.79 Å². The number of carbonyl (C=O) groups is 2. The third-order valence-electron chi connectivity index (χ3n) is 5.84. The predicted octanol–water partition coefficient (Wildman–Crippen LogP) is 2.74. The zero-order valence-electron chi connectivity index (χ0n) is 16.8. The van der Waals surface area contributed by atoms with Crippen molar-refractivity contribution in [2.45, 2.75) is 45.1 Å². The molecule has 2 heterocycles. The number of nitrogens with one attached hydrogen (secondary N) is 1. The lowest BCUT2D eigenvalue weighted by Gasteiger charge is -2.30. The van der Waals surface area contributed by atoms with Crippen LogP contribution in [-0.4, -0.2) is 41.4 Å². The maximum Gasteiger partial charge on any atom is 0.248 e. The SMILES string of the molecule is Cc1cc(Nc2ncc3c(n2)N(C2CCCC2)CCC(=O)N3C)ccc1C(N)=O. The van der Waals surface area contributed by atoms with E-state index in [4.69, 9.17) is 10.7 Å². The molecule has 2 aromatic rings. The van der Waals surface area contributed by atoms with E-state index in [2.05, 4.69) is 15.2 Å². The van der Waals surface area contributed by atoms with Gasteiger partial charge in [0.25, 0.3) is 0 Å². The Morgan fingerprint density at radius 3 is 2.72 bits per heavy atom. The molecule has 1 aliphatic carbocycles. The molecular weight excluding hydrogens is 368 g/mol. The normalized spacial score (nSPS) is 17.2. The van der Waals surface area contributed by atoms with Crippen LogP contribution in [0.2, 0.25) is 0 Å². The first kappa shape index (κ1) is 19.2. The lowest BCUT2D eigenvalue weighted by molar-refractivity contribution is -0.118. The largest absolute Gasteiger partial charge is 0.366 e. The Morgan fingerprint density at radius 1 is 1.28 bits per heavy atom. The molecule has 0 radical (unpaired) electrons. The van der Waals surface area contributed by atoms with Crippen LogP contribution >= 0.6 is 0 Å². The second kappa shape index (κ2) is 7.69. The maximum absolute atomic E-state index is 12.4. The fourth-order valence-electron chi connectivity index (χ4n) is 4.22. The van der Waals surface area contributed by atoms with Crippen molar-refractivity contribution in [1.82, 2.24) is 9.97 Å². The van der Waals surface area contributed by atoms with E-state index in [1.165, 1.54) is 12.8 Å². The standard InChI is InChI=1S/C21H26N6O2/c1-13-11-14(7-8-16(13)19(22)29)24-21-23-12-17-20(25-21)27(15-5-3-4-6-15)10-9-18(28)26(17)2/h7-8,11-12,15H,3-6,9-10H2,1-2H3,(H2,22,29)(H,23,24,25). The van der Waals surface area contributed by atoms with Crippen LogP contribution in [0.25, 0.3) is 0 Å².